The van der Waals surface area contributed by atoms with E-state index < -0.39 is 29.9 Å². The second kappa shape index (κ2) is 8.41. The Hall–Kier alpha value is -3.75. The minimum atomic E-state index is -4.40. The van der Waals surface area contributed by atoms with Gasteiger partial charge < -0.3 is 19.4 Å². The standard InChI is InChI=1S/C23H18F3NO5/c1-13(22(28)29)30-16-3-2-4-17(11-16)31-18-9-10-19-20(12-18)32-27-21(19)14-5-7-15(8-6-14)23(24,25)26/h2-11,13,20H,12H2,1H3,(H,28,29). The van der Waals surface area contributed by atoms with E-state index in [0.29, 0.717) is 35.0 Å². The van der Waals surface area contributed by atoms with Gasteiger partial charge in [-0.2, -0.15) is 13.2 Å². The fraction of sp³-hybridized carbons (Fsp3) is 0.217. The Morgan fingerprint density at radius 3 is 2.56 bits per heavy atom. The Labute approximate surface area is 181 Å². The lowest BCUT2D eigenvalue weighted by atomic mass is 9.93. The van der Waals surface area contributed by atoms with Gasteiger partial charge in [-0.15, -0.1) is 0 Å². The number of allylic oxidation sites excluding steroid dienone is 2. The first-order chi connectivity index (χ1) is 15.2. The number of ether oxygens (including phenoxy) is 2. The number of hydrogen-bond donors (Lipinski definition) is 1. The predicted octanol–water partition coefficient (Wildman–Crippen LogP) is 4.95. The molecule has 166 valence electrons. The van der Waals surface area contributed by atoms with Gasteiger partial charge in [-0.1, -0.05) is 23.4 Å². The SMILES string of the molecule is CC(Oc1cccc(OC2=CC=C3C(c4ccc(C(F)(F)F)cc4)=NOC3C2)c1)C(=O)O. The van der Waals surface area contributed by atoms with Crippen LogP contribution in [0.15, 0.2) is 77.2 Å². The maximum Gasteiger partial charge on any atom is 0.416 e. The lowest BCUT2D eigenvalue weighted by molar-refractivity contribution is -0.144. The topological polar surface area (TPSA) is 77.3 Å². The highest BCUT2D eigenvalue weighted by molar-refractivity contribution is 6.14. The normalized spacial score (nSPS) is 18.5. The van der Waals surface area contributed by atoms with E-state index in [2.05, 4.69) is 5.16 Å². The average molecular weight is 445 g/mol. The molecular weight excluding hydrogens is 427 g/mol. The number of aliphatic carboxylic acids is 1. The summed E-state index contributed by atoms with van der Waals surface area (Å²) in [7, 11) is 0. The summed E-state index contributed by atoms with van der Waals surface area (Å²) in [6, 6.07) is 11.4. The lowest BCUT2D eigenvalue weighted by Gasteiger charge is -2.19. The molecule has 2 aromatic carbocycles. The van der Waals surface area contributed by atoms with Gasteiger partial charge in [-0.05, 0) is 43.3 Å². The van der Waals surface area contributed by atoms with Crippen molar-refractivity contribution < 1.29 is 37.4 Å². The van der Waals surface area contributed by atoms with Crippen LogP contribution >= 0.6 is 0 Å². The van der Waals surface area contributed by atoms with E-state index in [1.807, 2.05) is 0 Å². The van der Waals surface area contributed by atoms with Gasteiger partial charge in [0.1, 0.15) is 23.0 Å². The number of alkyl halides is 3. The molecule has 1 N–H and O–H groups in total. The first-order valence-electron chi connectivity index (χ1n) is 9.70. The van der Waals surface area contributed by atoms with Crippen LogP contribution in [0.5, 0.6) is 11.5 Å². The number of carboxylic acids is 1. The van der Waals surface area contributed by atoms with E-state index in [9.17, 15) is 18.0 Å². The molecular formula is C23H18F3NO5. The fourth-order valence-electron chi connectivity index (χ4n) is 3.27. The van der Waals surface area contributed by atoms with Crippen LogP contribution in [0.25, 0.3) is 0 Å². The van der Waals surface area contributed by atoms with Crippen LogP contribution in [0.4, 0.5) is 13.2 Å². The van der Waals surface area contributed by atoms with Crippen LogP contribution in [-0.2, 0) is 15.8 Å². The number of carbonyl (C=O) groups is 1. The lowest BCUT2D eigenvalue weighted by Crippen LogP contribution is -2.22. The number of rotatable bonds is 6. The number of nitrogens with zero attached hydrogens (tertiary/aromatic N) is 1. The monoisotopic (exact) mass is 445 g/mol. The molecule has 2 aliphatic rings. The molecule has 9 heteroatoms. The molecule has 0 spiro atoms. The van der Waals surface area contributed by atoms with Crippen molar-refractivity contribution in [3.63, 3.8) is 0 Å². The smallest absolute Gasteiger partial charge is 0.416 e. The van der Waals surface area contributed by atoms with Gasteiger partial charge in [0, 0.05) is 23.6 Å². The molecule has 4 rings (SSSR count). The van der Waals surface area contributed by atoms with Crippen molar-refractivity contribution in [2.75, 3.05) is 0 Å². The van der Waals surface area contributed by atoms with Crippen LogP contribution < -0.4 is 9.47 Å². The molecule has 2 aromatic rings. The molecule has 1 aliphatic carbocycles. The minimum absolute atomic E-state index is 0.357. The van der Waals surface area contributed by atoms with Gasteiger partial charge >= 0.3 is 12.1 Å². The zero-order chi connectivity index (χ0) is 22.9. The number of oxime groups is 1. The maximum absolute atomic E-state index is 12.8. The number of fused-ring (bicyclic) bond motifs is 1. The van der Waals surface area contributed by atoms with Crippen molar-refractivity contribution in [2.45, 2.75) is 31.7 Å². The third-order valence-corrected chi connectivity index (χ3v) is 4.93. The van der Waals surface area contributed by atoms with Gasteiger partial charge in [0.25, 0.3) is 0 Å². The van der Waals surface area contributed by atoms with Gasteiger partial charge in [-0.3, -0.25) is 0 Å². The highest BCUT2D eigenvalue weighted by Crippen LogP contribution is 2.34. The number of halogens is 3. The first-order valence-corrected chi connectivity index (χ1v) is 9.70. The molecule has 6 nitrogen and oxygen atoms in total. The number of benzene rings is 2. The van der Waals surface area contributed by atoms with Crippen molar-refractivity contribution >= 4 is 11.7 Å². The quantitative estimate of drug-likeness (QED) is 0.681. The van der Waals surface area contributed by atoms with Crippen molar-refractivity contribution in [3.05, 3.63) is 83.1 Å². The Morgan fingerprint density at radius 1 is 1.16 bits per heavy atom. The first kappa shape index (κ1) is 21.5. The van der Waals surface area contributed by atoms with Crippen molar-refractivity contribution in [2.24, 2.45) is 5.16 Å². The second-order valence-electron chi connectivity index (χ2n) is 7.24. The summed E-state index contributed by atoms with van der Waals surface area (Å²) in [5.74, 6) is 0.331. The Morgan fingerprint density at radius 2 is 1.88 bits per heavy atom. The molecule has 0 radical (unpaired) electrons. The van der Waals surface area contributed by atoms with Crippen LogP contribution in [-0.4, -0.2) is 29.0 Å². The van der Waals surface area contributed by atoms with Crippen molar-refractivity contribution in [1.82, 2.24) is 0 Å². The molecule has 0 amide bonds. The highest BCUT2D eigenvalue weighted by Gasteiger charge is 2.33. The van der Waals surface area contributed by atoms with E-state index >= 15 is 0 Å². The zero-order valence-corrected chi connectivity index (χ0v) is 16.8. The molecule has 1 aliphatic heterocycles. The Balaban J connectivity index is 1.47. The van der Waals surface area contributed by atoms with Crippen LogP contribution in [0.3, 0.4) is 0 Å². The van der Waals surface area contributed by atoms with Crippen LogP contribution in [0, 0.1) is 0 Å². The summed E-state index contributed by atoms with van der Waals surface area (Å²) in [5, 5.41) is 13.0. The summed E-state index contributed by atoms with van der Waals surface area (Å²) in [6.45, 7) is 1.43. The van der Waals surface area contributed by atoms with E-state index in [1.54, 1.807) is 36.4 Å². The summed E-state index contributed by atoms with van der Waals surface area (Å²) in [5.41, 5.74) is 1.04. The van der Waals surface area contributed by atoms with Gasteiger partial charge in [0.05, 0.1) is 5.56 Å². The second-order valence-corrected chi connectivity index (χ2v) is 7.24. The number of carboxylic acid groups (broad SMARTS) is 1. The summed E-state index contributed by atoms with van der Waals surface area (Å²) < 4.78 is 49.6. The molecule has 0 bridgehead atoms. The van der Waals surface area contributed by atoms with Gasteiger partial charge in [0.2, 0.25) is 0 Å². The summed E-state index contributed by atoms with van der Waals surface area (Å²) >= 11 is 0. The predicted molar refractivity (Wildman–Crippen MR) is 108 cm³/mol. The van der Waals surface area contributed by atoms with Crippen molar-refractivity contribution in [3.8, 4) is 11.5 Å². The fourth-order valence-corrected chi connectivity index (χ4v) is 3.27. The zero-order valence-electron chi connectivity index (χ0n) is 16.8. The van der Waals surface area contributed by atoms with E-state index in [0.717, 1.165) is 17.7 Å². The Kier molecular flexibility index (Phi) is 5.65. The number of hydrogen-bond acceptors (Lipinski definition) is 5. The van der Waals surface area contributed by atoms with Crippen molar-refractivity contribution in [1.29, 1.82) is 0 Å². The van der Waals surface area contributed by atoms with E-state index in [4.69, 9.17) is 19.4 Å². The molecule has 32 heavy (non-hydrogen) atoms. The minimum Gasteiger partial charge on any atom is -0.479 e. The summed E-state index contributed by atoms with van der Waals surface area (Å²) in [4.78, 5) is 16.4. The van der Waals surface area contributed by atoms with Crippen LogP contribution in [0.1, 0.15) is 24.5 Å². The van der Waals surface area contributed by atoms with Crippen LogP contribution in [0.2, 0.25) is 0 Å². The molecule has 0 fully saturated rings. The highest BCUT2D eigenvalue weighted by atomic mass is 19.4. The molecule has 0 aromatic heterocycles. The third kappa shape index (κ3) is 4.61. The van der Waals surface area contributed by atoms with E-state index in [-0.39, 0.29) is 0 Å². The van der Waals surface area contributed by atoms with E-state index in [1.165, 1.54) is 19.1 Å². The largest absolute Gasteiger partial charge is 0.479 e. The molecule has 1 heterocycles. The third-order valence-electron chi connectivity index (χ3n) is 4.93. The van der Waals surface area contributed by atoms with Gasteiger partial charge in [0.15, 0.2) is 12.2 Å². The summed E-state index contributed by atoms with van der Waals surface area (Å²) in [6.07, 6.45) is -1.94. The molecule has 0 saturated heterocycles. The average Bonchev–Trinajstić information content (AvgIpc) is 3.16. The molecule has 2 atom stereocenters. The van der Waals surface area contributed by atoms with Gasteiger partial charge in [-0.25, -0.2) is 4.79 Å². The Bertz CT molecular complexity index is 1120. The molecule has 0 saturated carbocycles. The maximum atomic E-state index is 12.8. The molecule has 2 unspecified atom stereocenters.